The van der Waals surface area contributed by atoms with Gasteiger partial charge in [0, 0.05) is 17.3 Å². The monoisotopic (exact) mass is 416 g/mol. The molecule has 0 saturated heterocycles. The summed E-state index contributed by atoms with van der Waals surface area (Å²) in [7, 11) is 1.65. The average molecular weight is 417 g/mol. The van der Waals surface area contributed by atoms with Crippen molar-refractivity contribution in [2.45, 2.75) is 51.5 Å². The molecule has 1 aliphatic rings. The van der Waals surface area contributed by atoms with Crippen molar-refractivity contribution < 1.29 is 9.53 Å². The van der Waals surface area contributed by atoms with E-state index in [2.05, 4.69) is 47.6 Å². The van der Waals surface area contributed by atoms with E-state index in [1.54, 1.807) is 7.11 Å². The van der Waals surface area contributed by atoms with Gasteiger partial charge in [-0.3, -0.25) is 4.79 Å². The van der Waals surface area contributed by atoms with E-state index in [1.807, 2.05) is 37.3 Å². The Bertz CT molecular complexity index is 1020. The Hall–Kier alpha value is -3.01. The van der Waals surface area contributed by atoms with Gasteiger partial charge in [0.2, 0.25) is 0 Å². The zero-order chi connectivity index (χ0) is 21.8. The fraction of sp³-hybridized carbons (Fsp3) is 0.370. The summed E-state index contributed by atoms with van der Waals surface area (Å²) in [5.41, 5.74) is 4.79. The first-order chi connectivity index (χ1) is 15.1. The first-order valence-electron chi connectivity index (χ1n) is 11.3. The fourth-order valence-electron chi connectivity index (χ4n) is 4.91. The Kier molecular flexibility index (Phi) is 6.45. The number of carbonyl (C=O) groups is 1. The molecule has 1 heterocycles. The first-order valence-corrected chi connectivity index (χ1v) is 11.3. The van der Waals surface area contributed by atoms with E-state index in [0.717, 1.165) is 35.5 Å². The van der Waals surface area contributed by atoms with Crippen molar-refractivity contribution in [3.05, 3.63) is 77.5 Å². The molecule has 31 heavy (non-hydrogen) atoms. The number of ether oxygens (including phenoxy) is 1. The molecule has 0 bridgehead atoms. The summed E-state index contributed by atoms with van der Waals surface area (Å²) in [6, 6.07) is 20.7. The van der Waals surface area contributed by atoms with Crippen LogP contribution in [0.2, 0.25) is 0 Å². The molecule has 1 aromatic heterocycles. The number of hydrogen-bond acceptors (Lipinski definition) is 2. The third-order valence-electron chi connectivity index (χ3n) is 6.68. The highest BCUT2D eigenvalue weighted by molar-refractivity contribution is 6.01. The minimum atomic E-state index is -0.0251. The lowest BCUT2D eigenvalue weighted by molar-refractivity contribution is 0.0918. The first kappa shape index (κ1) is 21.2. The molecule has 2 N–H and O–H groups in total. The second kappa shape index (κ2) is 9.42. The highest BCUT2D eigenvalue weighted by Gasteiger charge is 2.28. The molecule has 162 valence electrons. The Labute approximate surface area is 185 Å². The second-order valence-corrected chi connectivity index (χ2v) is 8.73. The van der Waals surface area contributed by atoms with Gasteiger partial charge in [0.05, 0.1) is 18.4 Å². The molecule has 4 heteroatoms. The summed E-state index contributed by atoms with van der Waals surface area (Å²) in [6.45, 7) is 4.12. The molecule has 1 saturated carbocycles. The van der Waals surface area contributed by atoms with Gasteiger partial charge in [0.25, 0.3) is 5.91 Å². The van der Waals surface area contributed by atoms with Crippen LogP contribution < -0.4 is 10.1 Å². The van der Waals surface area contributed by atoms with Crippen molar-refractivity contribution in [1.82, 2.24) is 10.3 Å². The summed E-state index contributed by atoms with van der Waals surface area (Å²) < 4.78 is 5.51. The molecule has 1 fully saturated rings. The van der Waals surface area contributed by atoms with Gasteiger partial charge in [-0.05, 0) is 75.1 Å². The predicted octanol–water partition coefficient (Wildman–Crippen LogP) is 6.09. The fourth-order valence-corrected chi connectivity index (χ4v) is 4.91. The van der Waals surface area contributed by atoms with Crippen molar-refractivity contribution >= 4 is 5.91 Å². The van der Waals surface area contributed by atoms with Crippen LogP contribution in [-0.2, 0) is 0 Å². The number of benzene rings is 2. The maximum Gasteiger partial charge on any atom is 0.253 e. The lowest BCUT2D eigenvalue weighted by Crippen LogP contribution is -2.39. The van der Waals surface area contributed by atoms with Crippen molar-refractivity contribution in [2.75, 3.05) is 7.11 Å². The molecule has 1 atom stereocenters. The Morgan fingerprint density at radius 3 is 2.42 bits per heavy atom. The summed E-state index contributed by atoms with van der Waals surface area (Å²) >= 11 is 0. The number of methoxy groups -OCH3 is 1. The number of aromatic amines is 1. The van der Waals surface area contributed by atoms with Gasteiger partial charge in [-0.1, -0.05) is 42.5 Å². The highest BCUT2D eigenvalue weighted by atomic mass is 16.5. The zero-order valence-corrected chi connectivity index (χ0v) is 18.7. The molecule has 3 aromatic rings. The number of aromatic nitrogens is 1. The van der Waals surface area contributed by atoms with E-state index >= 15 is 0 Å². The molecule has 1 unspecified atom stereocenters. The van der Waals surface area contributed by atoms with Crippen LogP contribution in [0.1, 0.15) is 60.1 Å². The van der Waals surface area contributed by atoms with Crippen molar-refractivity contribution in [2.24, 2.45) is 5.92 Å². The van der Waals surface area contributed by atoms with Gasteiger partial charge < -0.3 is 15.0 Å². The third-order valence-corrected chi connectivity index (χ3v) is 6.68. The minimum absolute atomic E-state index is 0.0251. The van der Waals surface area contributed by atoms with Crippen LogP contribution in [0.4, 0.5) is 0 Å². The van der Waals surface area contributed by atoms with Gasteiger partial charge in [0.15, 0.2) is 0 Å². The van der Waals surface area contributed by atoms with Gasteiger partial charge in [-0.15, -0.1) is 0 Å². The van der Waals surface area contributed by atoms with E-state index in [4.69, 9.17) is 4.74 Å². The maximum atomic E-state index is 13.2. The summed E-state index contributed by atoms with van der Waals surface area (Å²) in [5.74, 6) is 1.89. The number of amides is 1. The van der Waals surface area contributed by atoms with E-state index < -0.39 is 0 Å². The average Bonchev–Trinajstić information content (AvgIpc) is 3.21. The second-order valence-electron chi connectivity index (χ2n) is 8.73. The number of H-pyrrole nitrogens is 1. The Balaban J connectivity index is 1.43. The molecular weight excluding hydrogens is 384 g/mol. The maximum absolute atomic E-state index is 13.2. The van der Waals surface area contributed by atoms with Crippen LogP contribution in [0, 0.1) is 12.8 Å². The molecule has 1 aliphatic carbocycles. The number of hydrogen-bond donors (Lipinski definition) is 2. The van der Waals surface area contributed by atoms with Crippen LogP contribution in [0.3, 0.4) is 0 Å². The molecule has 0 spiro atoms. The van der Waals surface area contributed by atoms with Crippen LogP contribution in [0.25, 0.3) is 11.3 Å². The molecule has 0 aliphatic heterocycles. The summed E-state index contributed by atoms with van der Waals surface area (Å²) in [5, 5.41) is 3.28. The van der Waals surface area contributed by atoms with E-state index in [-0.39, 0.29) is 11.9 Å². The lowest BCUT2D eigenvalue weighted by atomic mass is 9.76. The summed E-state index contributed by atoms with van der Waals surface area (Å²) in [4.78, 5) is 16.6. The molecule has 0 radical (unpaired) electrons. The van der Waals surface area contributed by atoms with E-state index in [9.17, 15) is 4.79 Å². The van der Waals surface area contributed by atoms with Crippen molar-refractivity contribution in [3.8, 4) is 17.0 Å². The van der Waals surface area contributed by atoms with Gasteiger partial charge in [-0.2, -0.15) is 0 Å². The number of para-hydroxylation sites is 1. The SMILES string of the molecule is COc1ccccc1-c1[nH]c(C)cc1C(=O)NC(C)C1CCC(c2ccccc2)CC1. The quantitative estimate of drug-likeness (QED) is 0.511. The Morgan fingerprint density at radius 1 is 1.03 bits per heavy atom. The van der Waals surface area contributed by atoms with Crippen LogP contribution >= 0.6 is 0 Å². The van der Waals surface area contributed by atoms with Gasteiger partial charge in [0.1, 0.15) is 5.75 Å². The van der Waals surface area contributed by atoms with Crippen molar-refractivity contribution in [1.29, 1.82) is 0 Å². The largest absolute Gasteiger partial charge is 0.496 e. The van der Waals surface area contributed by atoms with Gasteiger partial charge >= 0.3 is 0 Å². The van der Waals surface area contributed by atoms with Crippen LogP contribution in [0.15, 0.2) is 60.7 Å². The topological polar surface area (TPSA) is 54.1 Å². The molecule has 4 rings (SSSR count). The molecule has 1 amide bonds. The lowest BCUT2D eigenvalue weighted by Gasteiger charge is -2.33. The van der Waals surface area contributed by atoms with Crippen LogP contribution in [0.5, 0.6) is 5.75 Å². The van der Waals surface area contributed by atoms with Crippen LogP contribution in [-0.4, -0.2) is 24.0 Å². The molecule has 2 aromatic carbocycles. The van der Waals surface area contributed by atoms with E-state index in [1.165, 1.54) is 18.4 Å². The number of rotatable bonds is 6. The Morgan fingerprint density at radius 2 is 1.71 bits per heavy atom. The highest BCUT2D eigenvalue weighted by Crippen LogP contribution is 2.37. The van der Waals surface area contributed by atoms with E-state index in [0.29, 0.717) is 17.4 Å². The number of carbonyl (C=O) groups excluding carboxylic acids is 1. The summed E-state index contributed by atoms with van der Waals surface area (Å²) in [6.07, 6.45) is 4.66. The minimum Gasteiger partial charge on any atom is -0.496 e. The number of aryl methyl sites for hydroxylation is 1. The van der Waals surface area contributed by atoms with Gasteiger partial charge in [-0.25, -0.2) is 0 Å². The molecule has 4 nitrogen and oxygen atoms in total. The normalized spacial score (nSPS) is 19.6. The smallest absolute Gasteiger partial charge is 0.253 e. The predicted molar refractivity (Wildman–Crippen MR) is 126 cm³/mol. The van der Waals surface area contributed by atoms with Crippen molar-refractivity contribution in [3.63, 3.8) is 0 Å². The standard InChI is InChI=1S/C27H32N2O2/c1-18-17-24(26(28-18)23-11-7-8-12-25(23)31-3)27(30)29-19(2)20-13-15-22(16-14-20)21-9-5-4-6-10-21/h4-12,17,19-20,22,28H,13-16H2,1-3H3,(H,29,30). The molecular formula is C27H32N2O2. The zero-order valence-electron chi connectivity index (χ0n) is 18.7. The third kappa shape index (κ3) is 4.68. The number of nitrogens with one attached hydrogen (secondary N) is 2.